The number of aryl methyl sites for hydroxylation is 1. The van der Waals surface area contributed by atoms with Crippen LogP contribution in [0.1, 0.15) is 11.1 Å². The van der Waals surface area contributed by atoms with Crippen LogP contribution in [0, 0.1) is 12.7 Å². The molecule has 0 bridgehead atoms. The van der Waals surface area contributed by atoms with Crippen molar-refractivity contribution in [3.05, 3.63) is 57.8 Å². The molecule has 2 rings (SSSR count). The van der Waals surface area contributed by atoms with Crippen LogP contribution >= 0.6 is 15.9 Å². The van der Waals surface area contributed by atoms with Crippen LogP contribution in [0.4, 0.5) is 15.8 Å². The first-order valence-corrected chi connectivity index (χ1v) is 8.52. The Morgan fingerprint density at radius 3 is 2.48 bits per heavy atom. The van der Waals surface area contributed by atoms with Gasteiger partial charge in [0, 0.05) is 5.69 Å². The minimum Gasteiger partial charge on any atom is -0.399 e. The Kier molecular flexibility index (Phi) is 4.53. The molecule has 0 aliphatic heterocycles. The Labute approximate surface area is 131 Å². The molecule has 0 saturated carbocycles. The van der Waals surface area contributed by atoms with Crippen molar-refractivity contribution in [2.45, 2.75) is 12.7 Å². The Morgan fingerprint density at radius 2 is 1.86 bits per heavy atom. The van der Waals surface area contributed by atoms with E-state index in [1.165, 1.54) is 6.07 Å². The molecule has 0 radical (unpaired) electrons. The summed E-state index contributed by atoms with van der Waals surface area (Å²) in [5, 5.41) is 0. The second kappa shape index (κ2) is 6.03. The van der Waals surface area contributed by atoms with Crippen LogP contribution in [0.3, 0.4) is 0 Å². The van der Waals surface area contributed by atoms with Crippen molar-refractivity contribution in [3.63, 3.8) is 0 Å². The Morgan fingerprint density at radius 1 is 1.24 bits per heavy atom. The number of nitrogens with one attached hydrogen (secondary N) is 1. The van der Waals surface area contributed by atoms with Crippen molar-refractivity contribution in [2.75, 3.05) is 10.5 Å². The molecule has 21 heavy (non-hydrogen) atoms. The van der Waals surface area contributed by atoms with Gasteiger partial charge >= 0.3 is 0 Å². The molecule has 0 spiro atoms. The van der Waals surface area contributed by atoms with Crippen LogP contribution in [0.15, 0.2) is 40.9 Å². The van der Waals surface area contributed by atoms with Crippen molar-refractivity contribution < 1.29 is 12.8 Å². The summed E-state index contributed by atoms with van der Waals surface area (Å²) in [6.45, 7) is 1.70. The first-order chi connectivity index (χ1) is 9.77. The fourth-order valence-electron chi connectivity index (χ4n) is 1.79. The summed E-state index contributed by atoms with van der Waals surface area (Å²) in [4.78, 5) is 0. The van der Waals surface area contributed by atoms with Crippen LogP contribution < -0.4 is 10.5 Å². The summed E-state index contributed by atoms with van der Waals surface area (Å²) >= 11 is 3.06. The summed E-state index contributed by atoms with van der Waals surface area (Å²) < 4.78 is 40.5. The Bertz CT molecular complexity index is 761. The van der Waals surface area contributed by atoms with Crippen LogP contribution in [-0.2, 0) is 15.8 Å². The fraction of sp³-hybridized carbons (Fsp3) is 0.143. The van der Waals surface area contributed by atoms with E-state index in [0.29, 0.717) is 21.3 Å². The lowest BCUT2D eigenvalue weighted by Gasteiger charge is -2.11. The highest BCUT2D eigenvalue weighted by molar-refractivity contribution is 9.10. The predicted octanol–water partition coefficient (Wildman–Crippen LogP) is 3.42. The molecule has 0 saturated heterocycles. The maximum Gasteiger partial charge on any atom is 0.236 e. The number of halogens is 2. The number of nitrogens with two attached hydrogens (primary N) is 1. The summed E-state index contributed by atoms with van der Waals surface area (Å²) in [6.07, 6.45) is 0. The van der Waals surface area contributed by atoms with Gasteiger partial charge in [0.05, 0.1) is 15.9 Å². The molecule has 4 nitrogen and oxygen atoms in total. The van der Waals surface area contributed by atoms with E-state index in [0.717, 1.165) is 6.07 Å². The highest BCUT2D eigenvalue weighted by Crippen LogP contribution is 2.25. The molecule has 7 heteroatoms. The van der Waals surface area contributed by atoms with Gasteiger partial charge in [-0.15, -0.1) is 0 Å². The normalized spacial score (nSPS) is 11.4. The molecular formula is C14H14BrFN2O2S. The molecule has 0 aliphatic rings. The second-order valence-electron chi connectivity index (χ2n) is 4.68. The molecule has 2 aromatic rings. The molecule has 0 unspecified atom stereocenters. The lowest BCUT2D eigenvalue weighted by atomic mass is 10.2. The smallest absolute Gasteiger partial charge is 0.236 e. The highest BCUT2D eigenvalue weighted by atomic mass is 79.9. The van der Waals surface area contributed by atoms with E-state index in [4.69, 9.17) is 5.73 Å². The van der Waals surface area contributed by atoms with Gasteiger partial charge in [-0.25, -0.2) is 12.8 Å². The van der Waals surface area contributed by atoms with Crippen molar-refractivity contribution in [3.8, 4) is 0 Å². The molecule has 0 aromatic heterocycles. The van der Waals surface area contributed by atoms with Crippen molar-refractivity contribution >= 4 is 37.3 Å². The number of hydrogen-bond donors (Lipinski definition) is 2. The largest absolute Gasteiger partial charge is 0.399 e. The van der Waals surface area contributed by atoms with Gasteiger partial charge in [0.2, 0.25) is 10.0 Å². The van der Waals surface area contributed by atoms with E-state index >= 15 is 0 Å². The molecular weight excluding hydrogens is 359 g/mol. The molecule has 112 valence electrons. The number of hydrogen-bond acceptors (Lipinski definition) is 3. The van der Waals surface area contributed by atoms with Crippen molar-refractivity contribution in [1.29, 1.82) is 0 Å². The van der Waals surface area contributed by atoms with Crippen LogP contribution in [0.5, 0.6) is 0 Å². The molecule has 0 amide bonds. The molecule has 0 atom stereocenters. The Hall–Kier alpha value is -1.60. The quantitative estimate of drug-likeness (QED) is 0.807. The minimum absolute atomic E-state index is 0.204. The summed E-state index contributed by atoms with van der Waals surface area (Å²) in [6, 6.07) is 9.23. The van der Waals surface area contributed by atoms with E-state index < -0.39 is 15.8 Å². The average Bonchev–Trinajstić information content (AvgIpc) is 2.38. The maximum absolute atomic E-state index is 13.5. The van der Waals surface area contributed by atoms with Gasteiger partial charge in [-0.2, -0.15) is 0 Å². The fourth-order valence-corrected chi connectivity index (χ4v) is 3.51. The standard InChI is InChI=1S/C14H14BrFN2O2S/c1-9-6-12(15)13(16)7-14(9)18-21(19,20)8-10-2-4-11(17)5-3-10/h2-7,18H,8,17H2,1H3. The minimum atomic E-state index is -3.63. The average molecular weight is 373 g/mol. The monoisotopic (exact) mass is 372 g/mol. The van der Waals surface area contributed by atoms with E-state index in [-0.39, 0.29) is 11.4 Å². The van der Waals surface area contributed by atoms with E-state index in [2.05, 4.69) is 20.7 Å². The van der Waals surface area contributed by atoms with Gasteiger partial charge in [-0.3, -0.25) is 4.72 Å². The highest BCUT2D eigenvalue weighted by Gasteiger charge is 2.14. The van der Waals surface area contributed by atoms with Gasteiger partial charge in [0.15, 0.2) is 0 Å². The first kappa shape index (κ1) is 15.8. The molecule has 0 aliphatic carbocycles. The number of nitrogen functional groups attached to an aromatic ring is 1. The predicted molar refractivity (Wildman–Crippen MR) is 85.9 cm³/mol. The molecule has 0 fully saturated rings. The third kappa shape index (κ3) is 4.18. The zero-order valence-electron chi connectivity index (χ0n) is 11.2. The number of rotatable bonds is 4. The third-order valence-corrected chi connectivity index (χ3v) is 4.72. The second-order valence-corrected chi connectivity index (χ2v) is 7.26. The van der Waals surface area contributed by atoms with E-state index in [1.807, 2.05) is 0 Å². The summed E-state index contributed by atoms with van der Waals surface area (Å²) in [5.74, 6) is -0.726. The van der Waals surface area contributed by atoms with Crippen LogP contribution in [0.2, 0.25) is 0 Å². The van der Waals surface area contributed by atoms with Gasteiger partial charge in [0.1, 0.15) is 5.82 Å². The SMILES string of the molecule is Cc1cc(Br)c(F)cc1NS(=O)(=O)Cc1ccc(N)cc1. The summed E-state index contributed by atoms with van der Waals surface area (Å²) in [7, 11) is -3.63. The van der Waals surface area contributed by atoms with E-state index in [9.17, 15) is 12.8 Å². The van der Waals surface area contributed by atoms with Gasteiger partial charge in [-0.1, -0.05) is 12.1 Å². The zero-order chi connectivity index (χ0) is 15.6. The number of anilines is 2. The molecule has 0 heterocycles. The van der Waals surface area contributed by atoms with Crippen LogP contribution in [0.25, 0.3) is 0 Å². The molecule has 2 aromatic carbocycles. The van der Waals surface area contributed by atoms with E-state index in [1.54, 1.807) is 31.2 Å². The van der Waals surface area contributed by atoms with Crippen LogP contribution in [-0.4, -0.2) is 8.42 Å². The third-order valence-electron chi connectivity index (χ3n) is 2.87. The molecule has 3 N–H and O–H groups in total. The number of sulfonamides is 1. The Balaban J connectivity index is 2.21. The summed E-state index contributed by atoms with van der Waals surface area (Å²) in [5.41, 5.74) is 7.58. The first-order valence-electron chi connectivity index (χ1n) is 6.07. The lowest BCUT2D eigenvalue weighted by Crippen LogP contribution is -2.16. The maximum atomic E-state index is 13.5. The van der Waals surface area contributed by atoms with Crippen molar-refractivity contribution in [2.24, 2.45) is 0 Å². The van der Waals surface area contributed by atoms with Gasteiger partial charge in [-0.05, 0) is 58.2 Å². The van der Waals surface area contributed by atoms with Crippen molar-refractivity contribution in [1.82, 2.24) is 0 Å². The van der Waals surface area contributed by atoms with Gasteiger partial charge in [0.25, 0.3) is 0 Å². The zero-order valence-corrected chi connectivity index (χ0v) is 13.6. The van der Waals surface area contributed by atoms with Gasteiger partial charge < -0.3 is 5.73 Å². The lowest BCUT2D eigenvalue weighted by molar-refractivity contribution is 0.600. The number of benzene rings is 2. The topological polar surface area (TPSA) is 72.2 Å².